The molecule has 1 aliphatic carbocycles. The molecule has 0 aliphatic heterocycles. The molecule has 17 heteroatoms. The molecule has 0 unspecified atom stereocenters. The number of hydrogen-bond donors (Lipinski definition) is 3. The van der Waals surface area contributed by atoms with Crippen molar-refractivity contribution in [2.45, 2.75) is 63.2 Å². The van der Waals surface area contributed by atoms with Crippen LogP contribution in [-0.2, 0) is 23.7 Å². The van der Waals surface area contributed by atoms with Crippen LogP contribution in [0.5, 0.6) is 0 Å². The van der Waals surface area contributed by atoms with Crippen molar-refractivity contribution in [3.05, 3.63) is 47.9 Å². The quantitative estimate of drug-likeness (QED) is 0.230. The van der Waals surface area contributed by atoms with Crippen molar-refractivity contribution in [3.8, 4) is 11.1 Å². The zero-order valence-electron chi connectivity index (χ0n) is 22.1. The second kappa shape index (κ2) is 12.4. The second-order valence-electron chi connectivity index (χ2n) is 10.1. The van der Waals surface area contributed by atoms with Gasteiger partial charge in [0.05, 0.1) is 30.5 Å². The van der Waals surface area contributed by atoms with Gasteiger partial charge in [-0.3, -0.25) is 9.48 Å². The Hall–Kier alpha value is -3.89. The number of Topliss-reactive ketones (excluding diaryl/α,β-unsaturated/α-hetero) is 1. The van der Waals surface area contributed by atoms with Crippen LogP contribution in [0, 0.1) is 5.92 Å². The summed E-state index contributed by atoms with van der Waals surface area (Å²) in [5, 5.41) is 18.8. The standard InChI is InChI=1S/C26H25F9N6O2/c27-24(28,29)16-8-17(25(30,31)32)10-19(9-16)39-23-36-12-20(15-11-37-41(13-15)5-6-42)22(40-23)38-18-3-1-14(2-4-18)7-21(43)26(33,34)35/h8-14,18,42H,1-7H2,(H2,36,38,39,40). The Morgan fingerprint density at radius 1 is 0.930 bits per heavy atom. The smallest absolute Gasteiger partial charge is 0.394 e. The number of hydrogen-bond acceptors (Lipinski definition) is 7. The number of alkyl halides is 9. The Kier molecular flexibility index (Phi) is 9.22. The van der Waals surface area contributed by atoms with Gasteiger partial charge in [-0.2, -0.15) is 49.6 Å². The number of rotatable bonds is 9. The molecule has 0 spiro atoms. The summed E-state index contributed by atoms with van der Waals surface area (Å²) in [4.78, 5) is 19.7. The zero-order chi connectivity index (χ0) is 31.6. The third-order valence-corrected chi connectivity index (χ3v) is 6.88. The fourth-order valence-electron chi connectivity index (χ4n) is 4.73. The van der Waals surface area contributed by atoms with Crippen molar-refractivity contribution >= 4 is 23.2 Å². The first-order valence-corrected chi connectivity index (χ1v) is 13.0. The maximum absolute atomic E-state index is 13.3. The molecule has 3 N–H and O–H groups in total. The molecule has 2 aromatic heterocycles. The van der Waals surface area contributed by atoms with E-state index in [4.69, 9.17) is 0 Å². The number of halogens is 9. The lowest BCUT2D eigenvalue weighted by molar-refractivity contribution is -0.172. The number of benzene rings is 1. The molecular weight excluding hydrogens is 599 g/mol. The first-order chi connectivity index (χ1) is 20.0. The Bertz CT molecular complexity index is 1400. The highest BCUT2D eigenvalue weighted by Crippen LogP contribution is 2.39. The molecule has 43 heavy (non-hydrogen) atoms. The number of ketones is 1. The van der Waals surface area contributed by atoms with Crippen LogP contribution in [0.1, 0.15) is 43.2 Å². The van der Waals surface area contributed by atoms with Crippen molar-refractivity contribution in [1.82, 2.24) is 19.7 Å². The first-order valence-electron chi connectivity index (χ1n) is 13.0. The lowest BCUT2D eigenvalue weighted by Gasteiger charge is -2.29. The fourth-order valence-corrected chi connectivity index (χ4v) is 4.73. The minimum Gasteiger partial charge on any atom is -0.394 e. The molecule has 1 aliphatic rings. The summed E-state index contributed by atoms with van der Waals surface area (Å²) >= 11 is 0. The van der Waals surface area contributed by atoms with E-state index in [-0.39, 0.29) is 37.0 Å². The summed E-state index contributed by atoms with van der Waals surface area (Å²) in [6.45, 7) is -0.0381. The van der Waals surface area contributed by atoms with Crippen LogP contribution in [0.2, 0.25) is 0 Å². The molecule has 0 radical (unpaired) electrons. The summed E-state index contributed by atoms with van der Waals surface area (Å²) in [7, 11) is 0. The minimum absolute atomic E-state index is 0.00915. The average molecular weight is 625 g/mol. The number of carbonyl (C=O) groups excluding carboxylic acids is 1. The molecule has 8 nitrogen and oxygen atoms in total. The van der Waals surface area contributed by atoms with Gasteiger partial charge in [-0.15, -0.1) is 0 Å². The third-order valence-electron chi connectivity index (χ3n) is 6.88. The Morgan fingerprint density at radius 3 is 2.12 bits per heavy atom. The second-order valence-corrected chi connectivity index (χ2v) is 10.1. The van der Waals surface area contributed by atoms with E-state index >= 15 is 0 Å². The number of aromatic nitrogens is 4. The highest BCUT2D eigenvalue weighted by atomic mass is 19.4. The number of nitrogens with zero attached hydrogens (tertiary/aromatic N) is 4. The fraction of sp³-hybridized carbons (Fsp3) is 0.462. The Morgan fingerprint density at radius 2 is 1.56 bits per heavy atom. The van der Waals surface area contributed by atoms with Crippen LogP contribution < -0.4 is 10.6 Å². The number of aliphatic hydroxyl groups excluding tert-OH is 1. The molecule has 2 heterocycles. The predicted molar refractivity (Wildman–Crippen MR) is 135 cm³/mol. The van der Waals surface area contributed by atoms with E-state index in [1.54, 1.807) is 6.20 Å². The summed E-state index contributed by atoms with van der Waals surface area (Å²) in [5.74, 6) is -2.44. The molecular formula is C26H25F9N6O2. The van der Waals surface area contributed by atoms with E-state index in [0.717, 1.165) is 0 Å². The highest BCUT2D eigenvalue weighted by Gasteiger charge is 2.40. The van der Waals surface area contributed by atoms with Crippen molar-refractivity contribution in [2.75, 3.05) is 17.2 Å². The molecule has 1 saturated carbocycles. The van der Waals surface area contributed by atoms with Gasteiger partial charge in [0, 0.05) is 41.7 Å². The molecule has 1 fully saturated rings. The van der Waals surface area contributed by atoms with Gasteiger partial charge < -0.3 is 15.7 Å². The van der Waals surface area contributed by atoms with Crippen LogP contribution in [0.25, 0.3) is 11.1 Å². The third kappa shape index (κ3) is 8.36. The summed E-state index contributed by atoms with van der Waals surface area (Å²) in [6, 6.07) is 0.645. The van der Waals surface area contributed by atoms with Crippen molar-refractivity contribution in [3.63, 3.8) is 0 Å². The first kappa shape index (κ1) is 32.0. The number of anilines is 3. The number of aliphatic hydroxyl groups is 1. The zero-order valence-corrected chi connectivity index (χ0v) is 22.1. The van der Waals surface area contributed by atoms with Crippen LogP contribution in [0.3, 0.4) is 0 Å². The van der Waals surface area contributed by atoms with Gasteiger partial charge in [0.2, 0.25) is 11.7 Å². The minimum atomic E-state index is -5.06. The Labute approximate surface area is 238 Å². The number of nitrogens with one attached hydrogen (secondary N) is 2. The van der Waals surface area contributed by atoms with Gasteiger partial charge in [-0.25, -0.2) is 4.98 Å². The van der Waals surface area contributed by atoms with Crippen LogP contribution in [0.15, 0.2) is 36.8 Å². The van der Waals surface area contributed by atoms with Crippen LogP contribution in [0.4, 0.5) is 57.0 Å². The van der Waals surface area contributed by atoms with E-state index in [9.17, 15) is 49.4 Å². The van der Waals surface area contributed by atoms with E-state index in [1.165, 1.54) is 17.1 Å². The SMILES string of the molecule is O=C(CC1CCC(Nc2nc(Nc3cc(C(F)(F)F)cc(C(F)(F)F)c3)ncc2-c2cnn(CCO)c2)CC1)C(F)(F)F. The lowest BCUT2D eigenvalue weighted by Crippen LogP contribution is -2.30. The molecule has 0 amide bonds. The molecule has 3 aromatic rings. The van der Waals surface area contributed by atoms with Gasteiger partial charge in [0.1, 0.15) is 5.82 Å². The van der Waals surface area contributed by atoms with Crippen molar-refractivity contribution in [1.29, 1.82) is 0 Å². The van der Waals surface area contributed by atoms with Crippen LogP contribution in [-0.4, -0.2) is 49.5 Å². The van der Waals surface area contributed by atoms with Gasteiger partial charge in [0.15, 0.2) is 0 Å². The van der Waals surface area contributed by atoms with Gasteiger partial charge in [-0.1, -0.05) is 0 Å². The normalized spacial score (nSPS) is 18.0. The van der Waals surface area contributed by atoms with E-state index in [2.05, 4.69) is 25.7 Å². The lowest BCUT2D eigenvalue weighted by atomic mass is 9.83. The summed E-state index contributed by atoms with van der Waals surface area (Å²) in [6.07, 6.45) is -10.0. The summed E-state index contributed by atoms with van der Waals surface area (Å²) < 4.78 is 119. The van der Waals surface area contributed by atoms with E-state index < -0.39 is 53.5 Å². The molecule has 0 saturated heterocycles. The van der Waals surface area contributed by atoms with Gasteiger partial charge in [0.25, 0.3) is 0 Å². The molecule has 234 valence electrons. The summed E-state index contributed by atoms with van der Waals surface area (Å²) in [5.41, 5.74) is -2.78. The predicted octanol–water partition coefficient (Wildman–Crippen LogP) is 6.61. The highest BCUT2D eigenvalue weighted by molar-refractivity contribution is 5.84. The maximum Gasteiger partial charge on any atom is 0.449 e. The number of carbonyl (C=O) groups is 1. The monoisotopic (exact) mass is 624 g/mol. The van der Waals surface area contributed by atoms with E-state index in [0.29, 0.717) is 48.9 Å². The molecule has 0 bridgehead atoms. The van der Waals surface area contributed by atoms with Crippen molar-refractivity contribution < 1.29 is 49.4 Å². The topological polar surface area (TPSA) is 105 Å². The molecule has 4 rings (SSSR count). The Balaban J connectivity index is 1.61. The van der Waals surface area contributed by atoms with Crippen LogP contribution >= 0.6 is 0 Å². The van der Waals surface area contributed by atoms with E-state index in [1.807, 2.05) is 0 Å². The van der Waals surface area contributed by atoms with Crippen molar-refractivity contribution in [2.24, 2.45) is 5.92 Å². The van der Waals surface area contributed by atoms with Gasteiger partial charge >= 0.3 is 18.5 Å². The maximum atomic E-state index is 13.3. The average Bonchev–Trinajstić information content (AvgIpc) is 3.37. The molecule has 1 aromatic carbocycles. The van der Waals surface area contributed by atoms with Gasteiger partial charge in [-0.05, 0) is 49.8 Å². The molecule has 0 atom stereocenters. The largest absolute Gasteiger partial charge is 0.449 e.